The van der Waals surface area contributed by atoms with Crippen LogP contribution in [0.15, 0.2) is 24.3 Å². The van der Waals surface area contributed by atoms with E-state index in [-0.39, 0.29) is 10.9 Å². The van der Waals surface area contributed by atoms with Gasteiger partial charge in [-0.1, -0.05) is 6.07 Å². The monoisotopic (exact) mass is 183 g/mol. The molecule has 0 radical (unpaired) electrons. The molecule has 0 aromatic heterocycles. The number of benzene rings is 1. The second-order valence-electron chi connectivity index (χ2n) is 2.21. The first-order valence-corrected chi connectivity index (χ1v) is 4.71. The van der Waals surface area contributed by atoms with E-state index in [9.17, 15) is 4.57 Å². The molecule has 0 spiro atoms. The Kier molecular flexibility index (Phi) is 2.30. The van der Waals surface area contributed by atoms with Crippen molar-refractivity contribution in [2.75, 3.05) is 0 Å². The Morgan fingerprint density at radius 2 is 2.08 bits per heavy atom. The van der Waals surface area contributed by atoms with Crippen LogP contribution in [0.2, 0.25) is 0 Å². The maximum absolute atomic E-state index is 10.7. The average Bonchev–Trinajstić information content (AvgIpc) is 2.03. The lowest BCUT2D eigenvalue weighted by atomic mass is 10.2. The van der Waals surface area contributed by atoms with Crippen molar-refractivity contribution in [2.24, 2.45) is 0 Å². The zero-order valence-corrected chi connectivity index (χ0v) is 6.90. The van der Waals surface area contributed by atoms with Gasteiger partial charge in [0.1, 0.15) is 0 Å². The number of nitriles is 1. The van der Waals surface area contributed by atoms with Gasteiger partial charge >= 0.3 is 7.60 Å². The molecule has 62 valence electrons. The first-order valence-electron chi connectivity index (χ1n) is 3.10. The van der Waals surface area contributed by atoms with Crippen molar-refractivity contribution in [3.05, 3.63) is 29.8 Å². The van der Waals surface area contributed by atoms with Gasteiger partial charge in [0.15, 0.2) is 0 Å². The third-order valence-electron chi connectivity index (χ3n) is 1.31. The van der Waals surface area contributed by atoms with E-state index in [1.165, 1.54) is 24.3 Å². The first kappa shape index (κ1) is 8.95. The van der Waals surface area contributed by atoms with E-state index < -0.39 is 7.60 Å². The molecule has 0 saturated heterocycles. The lowest BCUT2D eigenvalue weighted by Crippen LogP contribution is -2.03. The standard InChI is InChI=1S/C7H6NO3P/c8-5-6-2-1-3-7(4-6)12(9,10)11/h1-4H,(H2,9,10,11). The van der Waals surface area contributed by atoms with E-state index in [0.717, 1.165) is 0 Å². The van der Waals surface area contributed by atoms with Crippen molar-refractivity contribution in [1.82, 2.24) is 0 Å². The minimum Gasteiger partial charge on any atom is -0.321 e. The predicted molar refractivity (Wildman–Crippen MR) is 42.8 cm³/mol. The van der Waals surface area contributed by atoms with Gasteiger partial charge in [-0.25, -0.2) is 0 Å². The summed E-state index contributed by atoms with van der Waals surface area (Å²) in [5, 5.41) is 8.30. The fourth-order valence-corrected chi connectivity index (χ4v) is 1.34. The maximum Gasteiger partial charge on any atom is 0.356 e. The first-order chi connectivity index (χ1) is 5.54. The summed E-state index contributed by atoms with van der Waals surface area (Å²) >= 11 is 0. The van der Waals surface area contributed by atoms with E-state index in [2.05, 4.69) is 0 Å². The lowest BCUT2D eigenvalue weighted by Gasteiger charge is -2.02. The van der Waals surface area contributed by atoms with Gasteiger partial charge in [0.05, 0.1) is 16.9 Å². The molecular formula is C7H6NO3P. The van der Waals surface area contributed by atoms with Crippen LogP contribution in [0.4, 0.5) is 0 Å². The summed E-state index contributed by atoms with van der Waals surface area (Å²) in [6.45, 7) is 0. The number of nitrogens with zero attached hydrogens (tertiary/aromatic N) is 1. The van der Waals surface area contributed by atoms with Gasteiger partial charge in [0.25, 0.3) is 0 Å². The topological polar surface area (TPSA) is 81.3 Å². The van der Waals surface area contributed by atoms with Crippen molar-refractivity contribution in [3.8, 4) is 6.07 Å². The Labute approximate surface area is 69.2 Å². The minimum atomic E-state index is -4.21. The van der Waals surface area contributed by atoms with Crippen LogP contribution in [0.25, 0.3) is 0 Å². The van der Waals surface area contributed by atoms with Crippen LogP contribution in [0.5, 0.6) is 0 Å². The van der Waals surface area contributed by atoms with Crippen molar-refractivity contribution in [2.45, 2.75) is 0 Å². The predicted octanol–water partition coefficient (Wildman–Crippen LogP) is 0.361. The van der Waals surface area contributed by atoms with Crippen LogP contribution in [-0.4, -0.2) is 9.79 Å². The molecule has 0 aliphatic rings. The zero-order chi connectivity index (χ0) is 9.19. The van der Waals surface area contributed by atoms with Gasteiger partial charge in [-0.2, -0.15) is 5.26 Å². The van der Waals surface area contributed by atoms with Crippen LogP contribution in [-0.2, 0) is 4.57 Å². The Balaban J connectivity index is 3.22. The summed E-state index contributed by atoms with van der Waals surface area (Å²) in [6, 6.07) is 7.19. The van der Waals surface area contributed by atoms with Crippen LogP contribution in [0.1, 0.15) is 5.56 Å². The molecule has 0 saturated carbocycles. The van der Waals surface area contributed by atoms with Gasteiger partial charge in [0.2, 0.25) is 0 Å². The normalized spacial score (nSPS) is 10.8. The SMILES string of the molecule is N#Cc1cccc(P(=O)(O)O)c1. The number of hydrogen-bond donors (Lipinski definition) is 2. The minimum absolute atomic E-state index is 0.124. The van der Waals surface area contributed by atoms with Crippen molar-refractivity contribution in [3.63, 3.8) is 0 Å². The average molecular weight is 183 g/mol. The Morgan fingerprint density at radius 1 is 1.42 bits per heavy atom. The van der Waals surface area contributed by atoms with E-state index >= 15 is 0 Å². The summed E-state index contributed by atoms with van der Waals surface area (Å²) in [5.41, 5.74) is 0.246. The second-order valence-corrected chi connectivity index (χ2v) is 3.81. The largest absolute Gasteiger partial charge is 0.356 e. The molecule has 0 atom stereocenters. The van der Waals surface area contributed by atoms with Gasteiger partial charge in [-0.05, 0) is 18.2 Å². The quantitative estimate of drug-likeness (QED) is 0.616. The molecule has 0 unspecified atom stereocenters. The van der Waals surface area contributed by atoms with Crippen LogP contribution in [0, 0.1) is 11.3 Å². The van der Waals surface area contributed by atoms with Gasteiger partial charge in [0, 0.05) is 0 Å². The molecule has 4 nitrogen and oxygen atoms in total. The van der Waals surface area contributed by atoms with Crippen LogP contribution in [0.3, 0.4) is 0 Å². The van der Waals surface area contributed by atoms with Crippen molar-refractivity contribution >= 4 is 12.9 Å². The van der Waals surface area contributed by atoms with Crippen molar-refractivity contribution in [1.29, 1.82) is 5.26 Å². The highest BCUT2D eigenvalue weighted by molar-refractivity contribution is 7.60. The molecule has 1 aromatic carbocycles. The third-order valence-corrected chi connectivity index (χ3v) is 2.26. The molecule has 0 bridgehead atoms. The molecule has 0 fully saturated rings. The molecule has 5 heteroatoms. The van der Waals surface area contributed by atoms with Crippen molar-refractivity contribution < 1.29 is 14.4 Å². The zero-order valence-electron chi connectivity index (χ0n) is 6.01. The van der Waals surface area contributed by atoms with E-state index in [1.54, 1.807) is 6.07 Å². The fraction of sp³-hybridized carbons (Fsp3) is 0. The van der Waals surface area contributed by atoms with Gasteiger partial charge in [-0.3, -0.25) is 4.57 Å². The molecule has 12 heavy (non-hydrogen) atoms. The van der Waals surface area contributed by atoms with Crippen LogP contribution >= 0.6 is 7.60 Å². The molecular weight excluding hydrogens is 177 g/mol. The van der Waals surface area contributed by atoms with Gasteiger partial charge in [-0.15, -0.1) is 0 Å². The smallest absolute Gasteiger partial charge is 0.321 e. The molecule has 0 aliphatic heterocycles. The van der Waals surface area contributed by atoms with Crippen LogP contribution < -0.4 is 5.30 Å². The van der Waals surface area contributed by atoms with E-state index in [4.69, 9.17) is 15.0 Å². The number of rotatable bonds is 1. The summed E-state index contributed by atoms with van der Waals surface area (Å²) in [7, 11) is -4.21. The summed E-state index contributed by atoms with van der Waals surface area (Å²) in [4.78, 5) is 17.4. The molecule has 0 amide bonds. The molecule has 1 rings (SSSR count). The Bertz CT molecular complexity index is 376. The molecule has 1 aromatic rings. The highest BCUT2D eigenvalue weighted by Crippen LogP contribution is 2.32. The summed E-state index contributed by atoms with van der Waals surface area (Å²) in [6.07, 6.45) is 0. The Morgan fingerprint density at radius 3 is 2.58 bits per heavy atom. The molecule has 0 heterocycles. The van der Waals surface area contributed by atoms with Gasteiger partial charge < -0.3 is 9.79 Å². The fourth-order valence-electron chi connectivity index (χ4n) is 0.757. The maximum atomic E-state index is 10.7. The second kappa shape index (κ2) is 3.08. The lowest BCUT2D eigenvalue weighted by molar-refractivity contribution is 0.387. The third kappa shape index (κ3) is 1.93. The highest BCUT2D eigenvalue weighted by Gasteiger charge is 2.16. The Hall–Kier alpha value is -1.14. The molecule has 0 aliphatic carbocycles. The highest BCUT2D eigenvalue weighted by atomic mass is 31.2. The molecule has 2 N–H and O–H groups in total. The number of hydrogen-bond acceptors (Lipinski definition) is 2. The summed E-state index contributed by atoms with van der Waals surface area (Å²) in [5.74, 6) is 0. The summed E-state index contributed by atoms with van der Waals surface area (Å²) < 4.78 is 10.7. The van der Waals surface area contributed by atoms with E-state index in [0.29, 0.717) is 0 Å². The van der Waals surface area contributed by atoms with E-state index in [1.807, 2.05) is 0 Å².